The van der Waals surface area contributed by atoms with Gasteiger partial charge in [-0.05, 0) is 31.7 Å². The van der Waals surface area contributed by atoms with Gasteiger partial charge in [-0.3, -0.25) is 9.79 Å². The summed E-state index contributed by atoms with van der Waals surface area (Å²) in [6.45, 7) is 2.23. The first-order valence-electron chi connectivity index (χ1n) is 11.5. The van der Waals surface area contributed by atoms with E-state index in [1.807, 2.05) is 73.7 Å². The normalized spacial score (nSPS) is 20.7. The molecule has 0 spiro atoms. The van der Waals surface area contributed by atoms with E-state index in [0.29, 0.717) is 12.8 Å². The number of carbonyl (C=O) groups excluding carboxylic acids is 1. The highest BCUT2D eigenvalue weighted by Crippen LogP contribution is 2.45. The second kappa shape index (κ2) is 10.6. The number of carbonyl (C=O) groups is 1. The zero-order valence-corrected chi connectivity index (χ0v) is 19.3. The van der Waals surface area contributed by atoms with Crippen LogP contribution in [0.1, 0.15) is 42.9 Å². The van der Waals surface area contributed by atoms with Crippen molar-refractivity contribution in [3.63, 3.8) is 0 Å². The van der Waals surface area contributed by atoms with E-state index in [1.54, 1.807) is 7.11 Å². The summed E-state index contributed by atoms with van der Waals surface area (Å²) in [7, 11) is 1.66. The van der Waals surface area contributed by atoms with E-state index in [-0.39, 0.29) is 24.7 Å². The molecule has 4 nitrogen and oxygen atoms in total. The highest BCUT2D eigenvalue weighted by Gasteiger charge is 2.51. The summed E-state index contributed by atoms with van der Waals surface area (Å²) < 4.78 is 11.5. The SMILES string of the molecule is COC(C)[C@]1(C(=O)OCc2ccccc2)CC[C@@H](N=C(c2ccccc2)c2ccccc2)C1. The van der Waals surface area contributed by atoms with E-state index in [9.17, 15) is 4.79 Å². The number of esters is 1. The molecule has 3 atom stereocenters. The average Bonchev–Trinajstić information content (AvgIpc) is 3.32. The average molecular weight is 442 g/mol. The molecule has 0 bridgehead atoms. The van der Waals surface area contributed by atoms with E-state index in [1.165, 1.54) is 0 Å². The molecule has 0 N–H and O–H groups in total. The summed E-state index contributed by atoms with van der Waals surface area (Å²) in [4.78, 5) is 18.5. The summed E-state index contributed by atoms with van der Waals surface area (Å²) in [6.07, 6.45) is 1.87. The minimum atomic E-state index is -0.698. The molecule has 4 rings (SSSR count). The maximum Gasteiger partial charge on any atom is 0.315 e. The summed E-state index contributed by atoms with van der Waals surface area (Å²) >= 11 is 0. The molecule has 4 heteroatoms. The fraction of sp³-hybridized carbons (Fsp3) is 0.310. The molecule has 0 radical (unpaired) electrons. The highest BCUT2D eigenvalue weighted by atomic mass is 16.5. The fourth-order valence-electron chi connectivity index (χ4n) is 4.66. The number of benzene rings is 3. The van der Waals surface area contributed by atoms with Gasteiger partial charge >= 0.3 is 5.97 Å². The van der Waals surface area contributed by atoms with Crippen LogP contribution in [0.2, 0.25) is 0 Å². The number of rotatable bonds is 8. The largest absolute Gasteiger partial charge is 0.460 e. The van der Waals surface area contributed by atoms with Gasteiger partial charge in [0.15, 0.2) is 0 Å². The Balaban J connectivity index is 1.59. The van der Waals surface area contributed by atoms with Gasteiger partial charge in [0.05, 0.1) is 23.3 Å². The molecule has 3 aromatic carbocycles. The Bertz CT molecular complexity index is 1020. The van der Waals surface area contributed by atoms with Crippen LogP contribution in [0.4, 0.5) is 0 Å². The fourth-order valence-corrected chi connectivity index (χ4v) is 4.66. The third-order valence-electron chi connectivity index (χ3n) is 6.68. The molecule has 1 unspecified atom stereocenters. The first kappa shape index (κ1) is 22.9. The molecule has 0 heterocycles. The maximum absolute atomic E-state index is 13.4. The molecule has 0 saturated heterocycles. The van der Waals surface area contributed by atoms with Crippen molar-refractivity contribution in [3.05, 3.63) is 108 Å². The predicted octanol–water partition coefficient (Wildman–Crippen LogP) is 5.84. The van der Waals surface area contributed by atoms with Crippen molar-refractivity contribution in [2.24, 2.45) is 10.4 Å². The molecule has 1 aliphatic rings. The third kappa shape index (κ3) is 5.23. The number of hydrogen-bond acceptors (Lipinski definition) is 4. The number of methoxy groups -OCH3 is 1. The zero-order chi connectivity index (χ0) is 23.1. The predicted molar refractivity (Wildman–Crippen MR) is 131 cm³/mol. The van der Waals surface area contributed by atoms with Gasteiger partial charge in [-0.25, -0.2) is 0 Å². The lowest BCUT2D eigenvalue weighted by molar-refractivity contribution is -0.165. The number of aliphatic imine (C=N–C) groups is 1. The van der Waals surface area contributed by atoms with Crippen molar-refractivity contribution in [1.82, 2.24) is 0 Å². The molecule has 170 valence electrons. The van der Waals surface area contributed by atoms with Crippen LogP contribution in [-0.2, 0) is 20.9 Å². The van der Waals surface area contributed by atoms with Crippen LogP contribution in [0.3, 0.4) is 0 Å². The lowest BCUT2D eigenvalue weighted by Crippen LogP contribution is -2.41. The van der Waals surface area contributed by atoms with Gasteiger partial charge in [0.25, 0.3) is 0 Å². The molecule has 0 aromatic heterocycles. The van der Waals surface area contributed by atoms with Crippen LogP contribution >= 0.6 is 0 Å². The van der Waals surface area contributed by atoms with Gasteiger partial charge in [-0.1, -0.05) is 91.0 Å². The van der Waals surface area contributed by atoms with Crippen molar-refractivity contribution in [2.75, 3.05) is 7.11 Å². The Morgan fingerprint density at radius 3 is 2.03 bits per heavy atom. The summed E-state index contributed by atoms with van der Waals surface area (Å²) in [5.74, 6) is -0.195. The molecule has 0 aliphatic heterocycles. The minimum absolute atomic E-state index is 0.0160. The summed E-state index contributed by atoms with van der Waals surface area (Å²) in [5.41, 5.74) is 3.39. The van der Waals surface area contributed by atoms with E-state index >= 15 is 0 Å². The Morgan fingerprint density at radius 2 is 1.48 bits per heavy atom. The number of hydrogen-bond donors (Lipinski definition) is 0. The monoisotopic (exact) mass is 441 g/mol. The van der Waals surface area contributed by atoms with Crippen LogP contribution < -0.4 is 0 Å². The van der Waals surface area contributed by atoms with Gasteiger partial charge in [0, 0.05) is 18.2 Å². The maximum atomic E-state index is 13.4. The van der Waals surface area contributed by atoms with Crippen LogP contribution in [0, 0.1) is 5.41 Å². The van der Waals surface area contributed by atoms with Crippen LogP contribution in [0.15, 0.2) is 96.0 Å². The molecule has 33 heavy (non-hydrogen) atoms. The zero-order valence-electron chi connectivity index (χ0n) is 19.3. The quantitative estimate of drug-likeness (QED) is 0.326. The number of ether oxygens (including phenoxy) is 2. The van der Waals surface area contributed by atoms with E-state index < -0.39 is 5.41 Å². The summed E-state index contributed by atoms with van der Waals surface area (Å²) in [6, 6.07) is 30.3. The minimum Gasteiger partial charge on any atom is -0.460 e. The van der Waals surface area contributed by atoms with E-state index in [4.69, 9.17) is 14.5 Å². The summed E-state index contributed by atoms with van der Waals surface area (Å²) in [5, 5.41) is 0. The van der Waals surface area contributed by atoms with Gasteiger partial charge < -0.3 is 9.47 Å². The molecular formula is C29H31NO3. The van der Waals surface area contributed by atoms with Gasteiger partial charge in [-0.2, -0.15) is 0 Å². The van der Waals surface area contributed by atoms with Gasteiger partial charge in [0.2, 0.25) is 0 Å². The smallest absolute Gasteiger partial charge is 0.315 e. The molecule has 1 aliphatic carbocycles. The van der Waals surface area contributed by atoms with Crippen molar-refractivity contribution in [3.8, 4) is 0 Å². The lowest BCUT2D eigenvalue weighted by Gasteiger charge is -2.32. The highest BCUT2D eigenvalue weighted by molar-refractivity contribution is 6.13. The standard InChI is InChI=1S/C29H31NO3/c1-22(32-2)29(28(31)33-21-23-12-6-3-7-13-23)19-18-26(20-29)30-27(24-14-8-4-9-15-24)25-16-10-5-11-17-25/h3-17,22,26H,18-21H2,1-2H3/t22?,26-,29+/m1/s1. The topological polar surface area (TPSA) is 47.9 Å². The Hall–Kier alpha value is -3.24. The van der Waals surface area contributed by atoms with E-state index in [2.05, 4.69) is 24.3 Å². The van der Waals surface area contributed by atoms with Crippen molar-refractivity contribution in [1.29, 1.82) is 0 Å². The van der Waals surface area contributed by atoms with Crippen LogP contribution in [0.25, 0.3) is 0 Å². The van der Waals surface area contributed by atoms with Crippen molar-refractivity contribution < 1.29 is 14.3 Å². The molecule has 3 aromatic rings. The number of nitrogens with zero attached hydrogens (tertiary/aromatic N) is 1. The van der Waals surface area contributed by atoms with Gasteiger partial charge in [0.1, 0.15) is 6.61 Å². The molecule has 1 saturated carbocycles. The van der Waals surface area contributed by atoms with Crippen molar-refractivity contribution >= 4 is 11.7 Å². The molecule has 1 fully saturated rings. The van der Waals surface area contributed by atoms with Gasteiger partial charge in [-0.15, -0.1) is 0 Å². The van der Waals surface area contributed by atoms with Crippen molar-refractivity contribution in [2.45, 2.75) is 44.9 Å². The van der Waals surface area contributed by atoms with Crippen LogP contribution in [-0.4, -0.2) is 30.9 Å². The Morgan fingerprint density at radius 1 is 0.939 bits per heavy atom. The first-order chi connectivity index (χ1) is 16.1. The Labute approximate surface area is 196 Å². The Kier molecular flexibility index (Phi) is 7.36. The second-order valence-corrected chi connectivity index (χ2v) is 8.70. The molecule has 0 amide bonds. The molecular weight excluding hydrogens is 410 g/mol. The second-order valence-electron chi connectivity index (χ2n) is 8.70. The van der Waals surface area contributed by atoms with Crippen LogP contribution in [0.5, 0.6) is 0 Å². The first-order valence-corrected chi connectivity index (χ1v) is 11.5. The van der Waals surface area contributed by atoms with E-state index in [0.717, 1.165) is 28.8 Å². The lowest BCUT2D eigenvalue weighted by atomic mass is 9.80. The third-order valence-corrected chi connectivity index (χ3v) is 6.68.